The van der Waals surface area contributed by atoms with Crippen molar-refractivity contribution in [3.05, 3.63) is 81.5 Å². The fourth-order valence-corrected chi connectivity index (χ4v) is 3.78. The van der Waals surface area contributed by atoms with Gasteiger partial charge in [-0.3, -0.25) is 4.79 Å². The molecule has 1 aliphatic rings. The van der Waals surface area contributed by atoms with Gasteiger partial charge in [0.15, 0.2) is 23.3 Å². The predicted octanol–water partition coefficient (Wildman–Crippen LogP) is 6.17. The Kier molecular flexibility index (Phi) is 6.67. The van der Waals surface area contributed by atoms with Crippen molar-refractivity contribution in [2.75, 3.05) is 31.1 Å². The summed E-state index contributed by atoms with van der Waals surface area (Å²) >= 11 is 11.1. The van der Waals surface area contributed by atoms with Gasteiger partial charge in [-0.05, 0) is 42.5 Å². The highest BCUT2D eigenvalue weighted by molar-refractivity contribution is 6.31. The molecule has 0 saturated carbocycles. The minimum atomic E-state index is -1.65. The van der Waals surface area contributed by atoms with Crippen LogP contribution in [0.3, 0.4) is 0 Å². The Balaban J connectivity index is 1.40. The van der Waals surface area contributed by atoms with E-state index in [4.69, 9.17) is 27.6 Å². The Labute approximate surface area is 196 Å². The van der Waals surface area contributed by atoms with Crippen molar-refractivity contribution < 1.29 is 26.8 Å². The normalized spacial score (nSPS) is 14.4. The van der Waals surface area contributed by atoms with E-state index in [-0.39, 0.29) is 32.1 Å². The molecule has 0 aliphatic carbocycles. The molecular formula is C23H16Cl2F4N2O2. The third-order valence-electron chi connectivity index (χ3n) is 5.24. The molecule has 0 spiro atoms. The summed E-state index contributed by atoms with van der Waals surface area (Å²) < 4.78 is 61.6. The van der Waals surface area contributed by atoms with Crippen molar-refractivity contribution >= 4 is 40.9 Å². The van der Waals surface area contributed by atoms with Crippen LogP contribution in [0.25, 0.3) is 17.4 Å². The average molecular weight is 499 g/mol. The number of piperazine rings is 1. The molecule has 0 atom stereocenters. The lowest BCUT2D eigenvalue weighted by Crippen LogP contribution is -2.49. The maximum atomic E-state index is 14.2. The van der Waals surface area contributed by atoms with Gasteiger partial charge in [0, 0.05) is 42.8 Å². The first-order chi connectivity index (χ1) is 15.8. The smallest absolute Gasteiger partial charge is 0.246 e. The van der Waals surface area contributed by atoms with Crippen LogP contribution in [0.1, 0.15) is 5.76 Å². The maximum Gasteiger partial charge on any atom is 0.246 e. The highest BCUT2D eigenvalue weighted by Crippen LogP contribution is 2.34. The van der Waals surface area contributed by atoms with Crippen LogP contribution in [-0.4, -0.2) is 37.0 Å². The molecule has 172 valence electrons. The van der Waals surface area contributed by atoms with Crippen molar-refractivity contribution in [3.63, 3.8) is 0 Å². The van der Waals surface area contributed by atoms with Gasteiger partial charge in [0.2, 0.25) is 5.91 Å². The number of hydrogen-bond donors (Lipinski definition) is 0. The minimum absolute atomic E-state index is 0.0185. The molecular weight excluding hydrogens is 483 g/mol. The topological polar surface area (TPSA) is 36.7 Å². The monoisotopic (exact) mass is 498 g/mol. The number of amides is 1. The Morgan fingerprint density at radius 3 is 2.06 bits per heavy atom. The second-order valence-corrected chi connectivity index (χ2v) is 8.09. The summed E-state index contributed by atoms with van der Waals surface area (Å²) in [4.78, 5) is 15.1. The lowest BCUT2D eigenvalue weighted by molar-refractivity contribution is -0.126. The minimum Gasteiger partial charge on any atom is -0.457 e. The Morgan fingerprint density at radius 1 is 0.848 bits per heavy atom. The summed E-state index contributed by atoms with van der Waals surface area (Å²) in [6.07, 6.45) is 2.83. The summed E-state index contributed by atoms with van der Waals surface area (Å²) in [6, 6.07) is 10.6. The molecule has 2 heterocycles. The van der Waals surface area contributed by atoms with E-state index < -0.39 is 34.0 Å². The number of rotatable bonds is 4. The summed E-state index contributed by atoms with van der Waals surface area (Å²) in [7, 11) is 0. The van der Waals surface area contributed by atoms with Crippen LogP contribution in [0.2, 0.25) is 10.0 Å². The van der Waals surface area contributed by atoms with Gasteiger partial charge in [-0.25, -0.2) is 17.6 Å². The van der Waals surface area contributed by atoms with E-state index in [1.807, 2.05) is 12.1 Å². The molecule has 0 bridgehead atoms. The van der Waals surface area contributed by atoms with Crippen LogP contribution in [-0.2, 0) is 4.79 Å². The zero-order valence-corrected chi connectivity index (χ0v) is 18.4. The van der Waals surface area contributed by atoms with Gasteiger partial charge in [-0.15, -0.1) is 0 Å². The molecule has 0 radical (unpaired) electrons. The van der Waals surface area contributed by atoms with Crippen molar-refractivity contribution in [1.29, 1.82) is 0 Å². The molecule has 2 aromatic carbocycles. The highest BCUT2D eigenvalue weighted by atomic mass is 35.5. The number of furan rings is 1. The van der Waals surface area contributed by atoms with E-state index in [0.717, 1.165) is 10.5 Å². The fourth-order valence-electron chi connectivity index (χ4n) is 3.49. The van der Waals surface area contributed by atoms with Gasteiger partial charge in [0.25, 0.3) is 0 Å². The lowest BCUT2D eigenvalue weighted by Gasteiger charge is -2.36. The van der Waals surface area contributed by atoms with Crippen LogP contribution in [0, 0.1) is 23.3 Å². The highest BCUT2D eigenvalue weighted by Gasteiger charge is 2.30. The van der Waals surface area contributed by atoms with Crippen molar-refractivity contribution in [3.8, 4) is 11.3 Å². The van der Waals surface area contributed by atoms with Crippen LogP contribution < -0.4 is 4.90 Å². The van der Waals surface area contributed by atoms with Crippen molar-refractivity contribution in [2.24, 2.45) is 0 Å². The molecule has 1 fully saturated rings. The van der Waals surface area contributed by atoms with E-state index >= 15 is 0 Å². The average Bonchev–Trinajstić information content (AvgIpc) is 3.30. The van der Waals surface area contributed by atoms with E-state index in [1.54, 1.807) is 24.3 Å². The SMILES string of the molecule is O=C(/C=C/c1ccc(-c2ccc(Cl)cc2)o1)N1CCN(c2c(F)c(F)c(Cl)c(F)c2F)CC1. The van der Waals surface area contributed by atoms with E-state index in [2.05, 4.69) is 0 Å². The first-order valence-electron chi connectivity index (χ1n) is 9.85. The number of carbonyl (C=O) groups is 1. The van der Waals surface area contributed by atoms with E-state index in [0.29, 0.717) is 16.5 Å². The van der Waals surface area contributed by atoms with Gasteiger partial charge in [-0.1, -0.05) is 23.2 Å². The van der Waals surface area contributed by atoms with E-state index in [9.17, 15) is 22.4 Å². The number of halogens is 6. The Morgan fingerprint density at radius 2 is 1.45 bits per heavy atom. The standard InChI is InChI=1S/C23H16Cl2F4N2O2/c24-14-3-1-13(2-4-14)16-7-5-15(33-16)6-8-17(32)30-9-11-31(12-10-30)23-21(28)19(26)18(25)20(27)22(23)29/h1-8H,9-12H2/b8-6+. The first kappa shape index (κ1) is 23.2. The molecule has 1 saturated heterocycles. The molecule has 0 N–H and O–H groups in total. The second kappa shape index (κ2) is 9.49. The van der Waals surface area contributed by atoms with Gasteiger partial charge in [0.1, 0.15) is 22.2 Å². The van der Waals surface area contributed by atoms with Gasteiger partial charge in [-0.2, -0.15) is 0 Å². The fraction of sp³-hybridized carbons (Fsp3) is 0.174. The van der Waals surface area contributed by atoms with Gasteiger partial charge >= 0.3 is 0 Å². The number of hydrogen-bond acceptors (Lipinski definition) is 3. The molecule has 33 heavy (non-hydrogen) atoms. The molecule has 10 heteroatoms. The molecule has 4 rings (SSSR count). The largest absolute Gasteiger partial charge is 0.457 e. The summed E-state index contributed by atoms with van der Waals surface area (Å²) in [5.41, 5.74) is -0.00149. The molecule has 1 aromatic heterocycles. The van der Waals surface area contributed by atoms with E-state index in [1.165, 1.54) is 17.1 Å². The maximum absolute atomic E-state index is 14.2. The van der Waals surface area contributed by atoms with Crippen molar-refractivity contribution in [1.82, 2.24) is 4.90 Å². The second-order valence-electron chi connectivity index (χ2n) is 7.27. The molecule has 1 aliphatic heterocycles. The quantitative estimate of drug-likeness (QED) is 0.187. The predicted molar refractivity (Wildman–Crippen MR) is 118 cm³/mol. The van der Waals surface area contributed by atoms with Crippen LogP contribution in [0.5, 0.6) is 0 Å². The van der Waals surface area contributed by atoms with Crippen LogP contribution in [0.15, 0.2) is 46.9 Å². The summed E-state index contributed by atoms with van der Waals surface area (Å²) in [5, 5.41) is -0.627. The Hall–Kier alpha value is -2.97. The third kappa shape index (κ3) is 4.72. The molecule has 3 aromatic rings. The van der Waals surface area contributed by atoms with Gasteiger partial charge in [0.05, 0.1) is 0 Å². The summed E-state index contributed by atoms with van der Waals surface area (Å²) in [6.45, 7) is 0.162. The van der Waals surface area contributed by atoms with Crippen LogP contribution in [0.4, 0.5) is 23.2 Å². The number of carbonyl (C=O) groups excluding carboxylic acids is 1. The van der Waals surface area contributed by atoms with Crippen LogP contribution >= 0.6 is 23.2 Å². The first-order valence-corrected chi connectivity index (χ1v) is 10.6. The molecule has 4 nitrogen and oxygen atoms in total. The summed E-state index contributed by atoms with van der Waals surface area (Å²) in [5.74, 6) is -5.69. The molecule has 0 unspecified atom stereocenters. The number of anilines is 1. The zero-order chi connectivity index (χ0) is 23.7. The Bertz CT molecular complexity index is 1190. The van der Waals surface area contributed by atoms with Gasteiger partial charge < -0.3 is 14.2 Å². The van der Waals surface area contributed by atoms with Crippen molar-refractivity contribution in [2.45, 2.75) is 0 Å². The number of benzene rings is 2. The number of nitrogens with zero attached hydrogens (tertiary/aromatic N) is 2. The zero-order valence-electron chi connectivity index (χ0n) is 16.9. The lowest BCUT2D eigenvalue weighted by atomic mass is 10.2. The molecule has 1 amide bonds. The third-order valence-corrected chi connectivity index (χ3v) is 5.82.